The molecule has 4 aromatic rings. The first-order valence-electron chi connectivity index (χ1n) is 10.2. The van der Waals surface area contributed by atoms with E-state index in [0.717, 1.165) is 52.3 Å². The van der Waals surface area contributed by atoms with Crippen molar-refractivity contribution < 1.29 is 18.4 Å². The van der Waals surface area contributed by atoms with Crippen molar-refractivity contribution in [2.75, 3.05) is 0 Å². The Hall–Kier alpha value is -3.34. The van der Waals surface area contributed by atoms with Gasteiger partial charge in [0.15, 0.2) is 0 Å². The van der Waals surface area contributed by atoms with Gasteiger partial charge in [0.05, 0.1) is 12.7 Å². The number of carbonyl (C=O) groups excluding carboxylic acids is 1. The SMILES string of the molecule is Cc1cc2occ(CC(=O)OCc3cc(=O)oc4cc5c(cc34)CCC5)c2cc1C. The largest absolute Gasteiger partial charge is 0.464 e. The van der Waals surface area contributed by atoms with Gasteiger partial charge in [-0.15, -0.1) is 0 Å². The summed E-state index contributed by atoms with van der Waals surface area (Å²) < 4.78 is 16.5. The molecule has 0 atom stereocenters. The molecule has 0 amide bonds. The van der Waals surface area contributed by atoms with Crippen molar-refractivity contribution in [3.05, 3.63) is 80.4 Å². The van der Waals surface area contributed by atoms with Crippen molar-refractivity contribution in [3.63, 3.8) is 0 Å². The van der Waals surface area contributed by atoms with Crippen LogP contribution in [0.15, 0.2) is 50.2 Å². The fourth-order valence-electron chi connectivity index (χ4n) is 4.25. The highest BCUT2D eigenvalue weighted by Gasteiger charge is 2.17. The number of hydrogen-bond acceptors (Lipinski definition) is 5. The molecule has 5 nitrogen and oxygen atoms in total. The monoisotopic (exact) mass is 402 g/mol. The molecule has 30 heavy (non-hydrogen) atoms. The van der Waals surface area contributed by atoms with Crippen LogP contribution in [-0.2, 0) is 35.4 Å². The van der Waals surface area contributed by atoms with Crippen LogP contribution in [0, 0.1) is 13.8 Å². The number of hydrogen-bond donors (Lipinski definition) is 0. The van der Waals surface area contributed by atoms with Gasteiger partial charge >= 0.3 is 11.6 Å². The van der Waals surface area contributed by atoms with Crippen molar-refractivity contribution in [1.29, 1.82) is 0 Å². The topological polar surface area (TPSA) is 69.7 Å². The number of furan rings is 1. The van der Waals surface area contributed by atoms with E-state index < -0.39 is 5.63 Å². The zero-order valence-corrected chi connectivity index (χ0v) is 17.0. The van der Waals surface area contributed by atoms with E-state index in [4.69, 9.17) is 13.6 Å². The molecular weight excluding hydrogens is 380 g/mol. The van der Waals surface area contributed by atoms with Gasteiger partial charge in [-0.25, -0.2) is 4.79 Å². The summed E-state index contributed by atoms with van der Waals surface area (Å²) in [4.78, 5) is 24.5. The number of carbonyl (C=O) groups is 1. The van der Waals surface area contributed by atoms with E-state index in [1.807, 2.05) is 32.0 Å². The summed E-state index contributed by atoms with van der Waals surface area (Å²) in [5.74, 6) is -0.363. The van der Waals surface area contributed by atoms with Crippen LogP contribution in [0.25, 0.3) is 21.9 Å². The molecule has 1 aliphatic carbocycles. The fourth-order valence-corrected chi connectivity index (χ4v) is 4.25. The van der Waals surface area contributed by atoms with Gasteiger partial charge in [-0.2, -0.15) is 0 Å². The quantitative estimate of drug-likeness (QED) is 0.358. The normalized spacial score (nSPS) is 13.1. The molecule has 1 aliphatic rings. The fraction of sp³-hybridized carbons (Fsp3) is 0.280. The highest BCUT2D eigenvalue weighted by Crippen LogP contribution is 2.29. The number of benzene rings is 2. The summed E-state index contributed by atoms with van der Waals surface area (Å²) in [7, 11) is 0. The Balaban J connectivity index is 1.37. The molecule has 5 rings (SSSR count). The van der Waals surface area contributed by atoms with Crippen LogP contribution in [-0.4, -0.2) is 5.97 Å². The van der Waals surface area contributed by atoms with Crippen molar-refractivity contribution >= 4 is 27.9 Å². The van der Waals surface area contributed by atoms with Gasteiger partial charge in [-0.05, 0) is 79.6 Å². The molecule has 0 fully saturated rings. The standard InChI is InChI=1S/C25H22O5/c1-14-6-20-18(12-28-22(20)7-15(14)2)10-24(26)29-13-19-11-25(27)30-23-9-17-5-3-4-16(17)8-21(19)23/h6-9,11-12H,3-5,10,13H2,1-2H3. The van der Waals surface area contributed by atoms with Crippen LogP contribution in [0.2, 0.25) is 0 Å². The van der Waals surface area contributed by atoms with Gasteiger partial charge in [0.1, 0.15) is 17.8 Å². The van der Waals surface area contributed by atoms with Crippen molar-refractivity contribution in [2.45, 2.75) is 46.1 Å². The summed E-state index contributed by atoms with van der Waals surface area (Å²) in [6.45, 7) is 4.10. The summed E-state index contributed by atoms with van der Waals surface area (Å²) in [6, 6.07) is 9.45. The lowest BCUT2D eigenvalue weighted by molar-refractivity contribution is -0.144. The van der Waals surface area contributed by atoms with E-state index in [-0.39, 0.29) is 19.0 Å². The van der Waals surface area contributed by atoms with E-state index in [9.17, 15) is 9.59 Å². The van der Waals surface area contributed by atoms with Crippen LogP contribution in [0.5, 0.6) is 0 Å². The first-order chi connectivity index (χ1) is 14.5. The van der Waals surface area contributed by atoms with Gasteiger partial charge in [0.2, 0.25) is 0 Å². The maximum atomic E-state index is 12.5. The molecule has 152 valence electrons. The predicted molar refractivity (Wildman–Crippen MR) is 114 cm³/mol. The first kappa shape index (κ1) is 18.7. The Labute approximate surface area is 173 Å². The molecule has 5 heteroatoms. The molecule has 2 aromatic carbocycles. The van der Waals surface area contributed by atoms with Crippen LogP contribution >= 0.6 is 0 Å². The Morgan fingerprint density at radius 3 is 2.50 bits per heavy atom. The Kier molecular flexibility index (Phi) is 4.46. The lowest BCUT2D eigenvalue weighted by Gasteiger charge is -2.09. The molecule has 0 spiro atoms. The zero-order chi connectivity index (χ0) is 20.8. The molecule has 2 heterocycles. The maximum absolute atomic E-state index is 12.5. The minimum Gasteiger partial charge on any atom is -0.464 e. The molecule has 0 aliphatic heterocycles. The Morgan fingerprint density at radius 2 is 1.67 bits per heavy atom. The van der Waals surface area contributed by atoms with Crippen LogP contribution in [0.3, 0.4) is 0 Å². The zero-order valence-electron chi connectivity index (χ0n) is 17.0. The molecule has 0 unspecified atom stereocenters. The molecule has 0 saturated heterocycles. The number of esters is 1. The minimum absolute atomic E-state index is 0.0354. The first-order valence-corrected chi connectivity index (χ1v) is 10.2. The number of ether oxygens (including phenoxy) is 1. The molecule has 0 saturated carbocycles. The van der Waals surface area contributed by atoms with Crippen LogP contribution in [0.1, 0.15) is 39.8 Å². The molecular formula is C25H22O5. The second-order valence-corrected chi connectivity index (χ2v) is 8.09. The van der Waals surface area contributed by atoms with Crippen molar-refractivity contribution in [2.24, 2.45) is 0 Å². The minimum atomic E-state index is -0.432. The maximum Gasteiger partial charge on any atom is 0.336 e. The van der Waals surface area contributed by atoms with Gasteiger partial charge in [-0.1, -0.05) is 0 Å². The smallest absolute Gasteiger partial charge is 0.336 e. The molecule has 0 radical (unpaired) electrons. The van der Waals surface area contributed by atoms with Crippen molar-refractivity contribution in [3.8, 4) is 0 Å². The van der Waals surface area contributed by atoms with Gasteiger partial charge in [-0.3, -0.25) is 4.79 Å². The van der Waals surface area contributed by atoms with Crippen molar-refractivity contribution in [1.82, 2.24) is 0 Å². The Morgan fingerprint density at radius 1 is 0.933 bits per heavy atom. The van der Waals surface area contributed by atoms with E-state index >= 15 is 0 Å². The second kappa shape index (κ2) is 7.17. The van der Waals surface area contributed by atoms with E-state index in [2.05, 4.69) is 6.07 Å². The van der Waals surface area contributed by atoms with Crippen LogP contribution in [0.4, 0.5) is 0 Å². The van der Waals surface area contributed by atoms with Gasteiger partial charge in [0.25, 0.3) is 0 Å². The molecule has 2 aromatic heterocycles. The lowest BCUT2D eigenvalue weighted by Crippen LogP contribution is -2.10. The molecule has 0 bridgehead atoms. The summed E-state index contributed by atoms with van der Waals surface area (Å²) in [5, 5.41) is 1.76. The van der Waals surface area contributed by atoms with E-state index in [1.165, 1.54) is 17.2 Å². The third-order valence-electron chi connectivity index (χ3n) is 6.04. The van der Waals surface area contributed by atoms with Crippen LogP contribution < -0.4 is 5.63 Å². The van der Waals surface area contributed by atoms with E-state index in [1.54, 1.807) is 6.26 Å². The van der Waals surface area contributed by atoms with E-state index in [0.29, 0.717) is 11.1 Å². The Bertz CT molecular complexity index is 1360. The molecule has 0 N–H and O–H groups in total. The third-order valence-corrected chi connectivity index (χ3v) is 6.04. The highest BCUT2D eigenvalue weighted by molar-refractivity contribution is 5.87. The number of fused-ring (bicyclic) bond motifs is 3. The third kappa shape index (κ3) is 3.30. The van der Waals surface area contributed by atoms with Gasteiger partial charge in [0, 0.05) is 28.0 Å². The van der Waals surface area contributed by atoms with Gasteiger partial charge < -0.3 is 13.6 Å². The summed E-state index contributed by atoms with van der Waals surface area (Å²) >= 11 is 0. The second-order valence-electron chi connectivity index (χ2n) is 8.09. The summed E-state index contributed by atoms with van der Waals surface area (Å²) in [6.07, 6.45) is 4.87. The average Bonchev–Trinajstić information content (AvgIpc) is 3.31. The predicted octanol–water partition coefficient (Wildman–Crippen LogP) is 4.93. The average molecular weight is 402 g/mol. The number of rotatable bonds is 4. The lowest BCUT2D eigenvalue weighted by atomic mass is 10.0. The highest BCUT2D eigenvalue weighted by atomic mass is 16.5. The summed E-state index contributed by atoms with van der Waals surface area (Å²) in [5.41, 5.74) is 7.17. The number of aryl methyl sites for hydroxylation is 4.